The zero-order chi connectivity index (χ0) is 12.0. The van der Waals surface area contributed by atoms with E-state index in [2.05, 4.69) is 45.0 Å². The van der Waals surface area contributed by atoms with Gasteiger partial charge in [0.1, 0.15) is 0 Å². The van der Waals surface area contributed by atoms with E-state index in [0.717, 1.165) is 13.0 Å². The van der Waals surface area contributed by atoms with Gasteiger partial charge in [0.2, 0.25) is 0 Å². The van der Waals surface area contributed by atoms with Crippen LogP contribution in [-0.2, 0) is 6.42 Å². The Kier molecular flexibility index (Phi) is 5.93. The van der Waals surface area contributed by atoms with Gasteiger partial charge in [-0.2, -0.15) is 0 Å². The molecule has 0 aliphatic heterocycles. The van der Waals surface area contributed by atoms with Crippen LogP contribution in [0.25, 0.3) is 0 Å². The summed E-state index contributed by atoms with van der Waals surface area (Å²) in [6, 6.07) is 8.95. The molecule has 0 fully saturated rings. The van der Waals surface area contributed by atoms with Crippen LogP contribution in [0.5, 0.6) is 0 Å². The molecule has 0 aliphatic rings. The third kappa shape index (κ3) is 5.04. The summed E-state index contributed by atoms with van der Waals surface area (Å²) in [7, 11) is 0. The van der Waals surface area contributed by atoms with Crippen molar-refractivity contribution in [1.29, 1.82) is 0 Å². The van der Waals surface area contributed by atoms with Crippen LogP contribution in [0.3, 0.4) is 0 Å². The lowest BCUT2D eigenvalue weighted by atomic mass is 10.0. The van der Waals surface area contributed by atoms with Crippen molar-refractivity contribution in [2.24, 2.45) is 11.7 Å². The molecule has 2 N–H and O–H groups in total. The fourth-order valence-corrected chi connectivity index (χ4v) is 2.38. The molecule has 1 aromatic rings. The Bertz CT molecular complexity index is 292. The number of aryl methyl sites for hydroxylation is 1. The van der Waals surface area contributed by atoms with Gasteiger partial charge in [-0.15, -0.1) is 11.8 Å². The molecule has 1 rings (SSSR count). The predicted molar refractivity (Wildman–Crippen MR) is 74.0 cm³/mol. The minimum Gasteiger partial charge on any atom is -0.330 e. The number of hydrogen-bond acceptors (Lipinski definition) is 2. The topological polar surface area (TPSA) is 26.0 Å². The molecule has 0 aromatic heterocycles. The molecule has 0 saturated carbocycles. The highest BCUT2D eigenvalue weighted by Crippen LogP contribution is 2.23. The van der Waals surface area contributed by atoms with Crippen LogP contribution in [0.15, 0.2) is 29.2 Å². The molecule has 0 bridgehead atoms. The summed E-state index contributed by atoms with van der Waals surface area (Å²) in [5.74, 6) is 0.629. The Morgan fingerprint density at radius 3 is 2.25 bits per heavy atom. The van der Waals surface area contributed by atoms with Crippen molar-refractivity contribution < 1.29 is 0 Å². The first kappa shape index (κ1) is 13.6. The molecule has 0 heterocycles. The Hall–Kier alpha value is -0.470. The fourth-order valence-electron chi connectivity index (χ4n) is 1.54. The first-order valence-corrected chi connectivity index (χ1v) is 6.95. The molecular weight excluding hydrogens is 214 g/mol. The summed E-state index contributed by atoms with van der Waals surface area (Å²) in [6.07, 6.45) is 2.33. The molecule has 2 heteroatoms. The van der Waals surface area contributed by atoms with Crippen molar-refractivity contribution in [3.63, 3.8) is 0 Å². The summed E-state index contributed by atoms with van der Waals surface area (Å²) in [5.41, 5.74) is 7.04. The van der Waals surface area contributed by atoms with Gasteiger partial charge < -0.3 is 5.73 Å². The van der Waals surface area contributed by atoms with Crippen molar-refractivity contribution >= 4 is 11.8 Å². The minimum atomic E-state index is 0.629. The molecule has 1 unspecified atom stereocenters. The van der Waals surface area contributed by atoms with E-state index in [4.69, 9.17) is 5.73 Å². The lowest BCUT2D eigenvalue weighted by Gasteiger charge is -2.09. The molecule has 1 aromatic carbocycles. The van der Waals surface area contributed by atoms with Crippen molar-refractivity contribution in [3.8, 4) is 0 Å². The number of rotatable bonds is 6. The van der Waals surface area contributed by atoms with Gasteiger partial charge in [0.25, 0.3) is 0 Å². The lowest BCUT2D eigenvalue weighted by molar-refractivity contribution is 0.544. The average molecular weight is 237 g/mol. The molecule has 0 radical (unpaired) electrons. The number of hydrogen-bond donors (Lipinski definition) is 1. The van der Waals surface area contributed by atoms with Gasteiger partial charge in [0, 0.05) is 10.1 Å². The summed E-state index contributed by atoms with van der Waals surface area (Å²) in [4.78, 5) is 1.37. The second-order valence-corrected chi connectivity index (χ2v) is 6.34. The maximum Gasteiger partial charge on any atom is 0.00747 e. The smallest absolute Gasteiger partial charge is 0.00747 e. The maximum absolute atomic E-state index is 5.61. The van der Waals surface area contributed by atoms with E-state index in [1.807, 2.05) is 11.8 Å². The van der Waals surface area contributed by atoms with Crippen molar-refractivity contribution in [2.75, 3.05) is 6.54 Å². The molecule has 1 atom stereocenters. The van der Waals surface area contributed by atoms with Gasteiger partial charge in [0.05, 0.1) is 0 Å². The standard InChI is InChI=1S/C14H23NS/c1-11(2)16-14-8-6-13(7-9-14)5-4-12(3)10-15/h6-9,11-12H,4-5,10,15H2,1-3H3. The van der Waals surface area contributed by atoms with Crippen molar-refractivity contribution in [1.82, 2.24) is 0 Å². The summed E-state index contributed by atoms with van der Waals surface area (Å²) in [5, 5.41) is 0.656. The Morgan fingerprint density at radius 2 is 1.75 bits per heavy atom. The van der Waals surface area contributed by atoms with Crippen LogP contribution >= 0.6 is 11.8 Å². The van der Waals surface area contributed by atoms with Crippen LogP contribution < -0.4 is 5.73 Å². The van der Waals surface area contributed by atoms with Crippen LogP contribution in [0.2, 0.25) is 0 Å². The molecule has 0 saturated heterocycles. The minimum absolute atomic E-state index is 0.629. The molecule has 90 valence electrons. The van der Waals surface area contributed by atoms with Crippen LogP contribution in [0, 0.1) is 5.92 Å². The van der Waals surface area contributed by atoms with E-state index in [1.54, 1.807) is 0 Å². The van der Waals surface area contributed by atoms with Gasteiger partial charge in [-0.1, -0.05) is 32.9 Å². The van der Waals surface area contributed by atoms with Crippen LogP contribution in [0.1, 0.15) is 32.8 Å². The van der Waals surface area contributed by atoms with E-state index in [0.29, 0.717) is 11.2 Å². The van der Waals surface area contributed by atoms with E-state index in [1.165, 1.54) is 16.9 Å². The zero-order valence-electron chi connectivity index (χ0n) is 10.6. The SMILES string of the molecule is CC(CN)CCc1ccc(SC(C)C)cc1. The van der Waals surface area contributed by atoms with Gasteiger partial charge in [0.15, 0.2) is 0 Å². The third-order valence-corrected chi connectivity index (χ3v) is 3.64. The monoisotopic (exact) mass is 237 g/mol. The highest BCUT2D eigenvalue weighted by atomic mass is 32.2. The van der Waals surface area contributed by atoms with Gasteiger partial charge in [-0.05, 0) is 43.0 Å². The number of nitrogens with two attached hydrogens (primary N) is 1. The first-order valence-electron chi connectivity index (χ1n) is 6.07. The van der Waals surface area contributed by atoms with E-state index in [9.17, 15) is 0 Å². The Balaban J connectivity index is 2.45. The molecule has 1 nitrogen and oxygen atoms in total. The van der Waals surface area contributed by atoms with Gasteiger partial charge in [-0.3, -0.25) is 0 Å². The van der Waals surface area contributed by atoms with E-state index < -0.39 is 0 Å². The van der Waals surface area contributed by atoms with E-state index in [-0.39, 0.29) is 0 Å². The van der Waals surface area contributed by atoms with Crippen LogP contribution in [0.4, 0.5) is 0 Å². The average Bonchev–Trinajstić information content (AvgIpc) is 2.27. The molecule has 16 heavy (non-hydrogen) atoms. The largest absolute Gasteiger partial charge is 0.330 e. The lowest BCUT2D eigenvalue weighted by Crippen LogP contribution is -2.11. The first-order chi connectivity index (χ1) is 7.61. The molecule has 0 aliphatic carbocycles. The van der Waals surface area contributed by atoms with E-state index >= 15 is 0 Å². The number of benzene rings is 1. The predicted octanol–water partition coefficient (Wildman–Crippen LogP) is 3.71. The third-order valence-electron chi connectivity index (χ3n) is 2.62. The fraction of sp³-hybridized carbons (Fsp3) is 0.571. The zero-order valence-corrected chi connectivity index (χ0v) is 11.4. The van der Waals surface area contributed by atoms with Crippen molar-refractivity contribution in [2.45, 2.75) is 43.8 Å². The van der Waals surface area contributed by atoms with Gasteiger partial charge >= 0.3 is 0 Å². The maximum atomic E-state index is 5.61. The quantitative estimate of drug-likeness (QED) is 0.763. The highest BCUT2D eigenvalue weighted by Gasteiger charge is 2.01. The summed E-state index contributed by atoms with van der Waals surface area (Å²) < 4.78 is 0. The summed E-state index contributed by atoms with van der Waals surface area (Å²) in [6.45, 7) is 7.45. The molecular formula is C14H23NS. The second-order valence-electron chi connectivity index (χ2n) is 4.69. The highest BCUT2D eigenvalue weighted by molar-refractivity contribution is 7.99. The van der Waals surface area contributed by atoms with Gasteiger partial charge in [-0.25, -0.2) is 0 Å². The Morgan fingerprint density at radius 1 is 1.12 bits per heavy atom. The number of thioether (sulfide) groups is 1. The Labute approximate surface area is 104 Å². The molecule has 0 spiro atoms. The summed E-state index contributed by atoms with van der Waals surface area (Å²) >= 11 is 1.92. The second kappa shape index (κ2) is 6.97. The van der Waals surface area contributed by atoms with Crippen molar-refractivity contribution in [3.05, 3.63) is 29.8 Å². The molecule has 0 amide bonds. The normalized spacial score (nSPS) is 13.1. The van der Waals surface area contributed by atoms with Crippen LogP contribution in [-0.4, -0.2) is 11.8 Å².